The summed E-state index contributed by atoms with van der Waals surface area (Å²) in [5.41, 5.74) is 5.47. The number of nitrogen functional groups attached to an aromatic ring is 1. The summed E-state index contributed by atoms with van der Waals surface area (Å²) in [4.78, 5) is 21.5. The highest BCUT2D eigenvalue weighted by atomic mass is 16.2. The van der Waals surface area contributed by atoms with Crippen molar-refractivity contribution in [2.75, 3.05) is 24.1 Å². The Labute approximate surface area is 101 Å². The van der Waals surface area contributed by atoms with Crippen molar-refractivity contribution < 1.29 is 4.79 Å². The molecule has 1 aromatic rings. The van der Waals surface area contributed by atoms with Crippen molar-refractivity contribution in [2.45, 2.75) is 26.8 Å². The van der Waals surface area contributed by atoms with Gasteiger partial charge in [-0.15, -0.1) is 0 Å². The molecule has 1 heterocycles. The lowest BCUT2D eigenvalue weighted by Crippen LogP contribution is -2.41. The molecule has 0 radical (unpaired) electrons. The number of carbonyl (C=O) groups is 1. The molecule has 0 fully saturated rings. The van der Waals surface area contributed by atoms with Gasteiger partial charge >= 0.3 is 0 Å². The van der Waals surface area contributed by atoms with E-state index in [9.17, 15) is 4.79 Å². The average molecular weight is 237 g/mol. The van der Waals surface area contributed by atoms with Crippen molar-refractivity contribution in [3.63, 3.8) is 0 Å². The Balaban J connectivity index is 2.65. The third kappa shape index (κ3) is 3.58. The van der Waals surface area contributed by atoms with Crippen LogP contribution in [0.4, 0.5) is 11.8 Å². The monoisotopic (exact) mass is 237 g/mol. The van der Waals surface area contributed by atoms with E-state index in [1.54, 1.807) is 24.1 Å². The fraction of sp³-hybridized carbons (Fsp3) is 0.545. The first-order valence-electron chi connectivity index (χ1n) is 5.72. The van der Waals surface area contributed by atoms with Crippen LogP contribution in [0.15, 0.2) is 12.3 Å². The topological polar surface area (TPSA) is 84.1 Å². The lowest BCUT2D eigenvalue weighted by molar-refractivity contribution is -0.131. The van der Waals surface area contributed by atoms with Crippen molar-refractivity contribution in [3.8, 4) is 0 Å². The number of nitrogens with two attached hydrogens (primary N) is 1. The number of aromatic nitrogens is 2. The van der Waals surface area contributed by atoms with Crippen LogP contribution in [-0.2, 0) is 4.79 Å². The van der Waals surface area contributed by atoms with E-state index in [4.69, 9.17) is 5.73 Å². The number of anilines is 2. The van der Waals surface area contributed by atoms with Crippen LogP contribution in [0.3, 0.4) is 0 Å². The number of hydrogen-bond acceptors (Lipinski definition) is 5. The number of nitrogens with zero attached hydrogens (tertiary/aromatic N) is 3. The standard InChI is InChI=1S/C11H19N5O/c1-4-16(5-2)10(17)8(3)14-9-6-7-13-11(12)15-9/h6-8H,4-5H2,1-3H3,(H3,12,13,14,15). The molecule has 1 aromatic heterocycles. The molecule has 6 heteroatoms. The minimum atomic E-state index is -0.329. The summed E-state index contributed by atoms with van der Waals surface area (Å²) in [5.74, 6) is 0.801. The molecular formula is C11H19N5O. The van der Waals surface area contributed by atoms with Crippen LogP contribution in [-0.4, -0.2) is 39.9 Å². The minimum absolute atomic E-state index is 0.0483. The summed E-state index contributed by atoms with van der Waals surface area (Å²) < 4.78 is 0. The zero-order chi connectivity index (χ0) is 12.8. The average Bonchev–Trinajstić information content (AvgIpc) is 2.30. The number of amides is 1. The molecule has 0 spiro atoms. The van der Waals surface area contributed by atoms with Crippen molar-refractivity contribution in [2.24, 2.45) is 0 Å². The van der Waals surface area contributed by atoms with Gasteiger partial charge in [-0.3, -0.25) is 4.79 Å². The van der Waals surface area contributed by atoms with Gasteiger partial charge in [0.25, 0.3) is 0 Å². The summed E-state index contributed by atoms with van der Waals surface area (Å²) >= 11 is 0. The Morgan fingerprint density at radius 2 is 2.18 bits per heavy atom. The van der Waals surface area contributed by atoms with Gasteiger partial charge in [-0.2, -0.15) is 4.98 Å². The Morgan fingerprint density at radius 3 is 2.71 bits per heavy atom. The van der Waals surface area contributed by atoms with Crippen LogP contribution in [0, 0.1) is 0 Å². The highest BCUT2D eigenvalue weighted by Crippen LogP contribution is 2.06. The summed E-state index contributed by atoms with van der Waals surface area (Å²) in [6.07, 6.45) is 1.55. The van der Waals surface area contributed by atoms with Gasteiger partial charge in [0.15, 0.2) is 0 Å². The first-order valence-corrected chi connectivity index (χ1v) is 5.72. The highest BCUT2D eigenvalue weighted by Gasteiger charge is 2.18. The van der Waals surface area contributed by atoms with E-state index in [1.807, 2.05) is 13.8 Å². The Kier molecular flexibility index (Phi) is 4.68. The third-order valence-electron chi connectivity index (χ3n) is 2.48. The maximum atomic E-state index is 12.0. The maximum absolute atomic E-state index is 12.0. The normalized spacial score (nSPS) is 11.9. The van der Waals surface area contributed by atoms with Crippen molar-refractivity contribution in [1.29, 1.82) is 0 Å². The summed E-state index contributed by atoms with van der Waals surface area (Å²) in [5, 5.41) is 3.01. The Hall–Kier alpha value is -1.85. The molecule has 1 rings (SSSR count). The molecule has 0 saturated carbocycles. The van der Waals surface area contributed by atoms with Gasteiger partial charge in [0.05, 0.1) is 0 Å². The molecular weight excluding hydrogens is 218 g/mol. The quantitative estimate of drug-likeness (QED) is 0.788. The Morgan fingerprint density at radius 1 is 1.53 bits per heavy atom. The van der Waals surface area contributed by atoms with Gasteiger partial charge in [-0.05, 0) is 26.8 Å². The van der Waals surface area contributed by atoms with E-state index in [1.165, 1.54) is 0 Å². The van der Waals surface area contributed by atoms with Crippen LogP contribution in [0.25, 0.3) is 0 Å². The van der Waals surface area contributed by atoms with Crippen LogP contribution >= 0.6 is 0 Å². The molecule has 6 nitrogen and oxygen atoms in total. The van der Waals surface area contributed by atoms with Crippen molar-refractivity contribution in [3.05, 3.63) is 12.3 Å². The lowest BCUT2D eigenvalue weighted by atomic mass is 10.3. The predicted molar refractivity (Wildman–Crippen MR) is 67.5 cm³/mol. The summed E-state index contributed by atoms with van der Waals surface area (Å²) in [7, 11) is 0. The van der Waals surface area contributed by atoms with Gasteiger partial charge in [0, 0.05) is 19.3 Å². The molecule has 1 amide bonds. The van der Waals surface area contributed by atoms with Gasteiger partial charge in [0.1, 0.15) is 11.9 Å². The minimum Gasteiger partial charge on any atom is -0.368 e. The highest BCUT2D eigenvalue weighted by molar-refractivity contribution is 5.84. The summed E-state index contributed by atoms with van der Waals surface area (Å²) in [6, 6.07) is 1.35. The van der Waals surface area contributed by atoms with Crippen molar-refractivity contribution in [1.82, 2.24) is 14.9 Å². The van der Waals surface area contributed by atoms with Crippen LogP contribution in [0.1, 0.15) is 20.8 Å². The van der Waals surface area contributed by atoms with Gasteiger partial charge < -0.3 is 16.0 Å². The van der Waals surface area contributed by atoms with E-state index in [0.29, 0.717) is 18.9 Å². The molecule has 0 bridgehead atoms. The molecule has 1 atom stereocenters. The second-order valence-corrected chi connectivity index (χ2v) is 3.68. The lowest BCUT2D eigenvalue weighted by Gasteiger charge is -2.23. The molecule has 0 saturated heterocycles. The zero-order valence-electron chi connectivity index (χ0n) is 10.5. The summed E-state index contributed by atoms with van der Waals surface area (Å²) in [6.45, 7) is 7.12. The second kappa shape index (κ2) is 6.03. The molecule has 94 valence electrons. The molecule has 0 aliphatic rings. The fourth-order valence-corrected chi connectivity index (χ4v) is 1.55. The number of hydrogen-bond donors (Lipinski definition) is 2. The van der Waals surface area contributed by atoms with Gasteiger partial charge in [-0.25, -0.2) is 4.98 Å². The number of rotatable bonds is 5. The van der Waals surface area contributed by atoms with Gasteiger partial charge in [0.2, 0.25) is 11.9 Å². The van der Waals surface area contributed by atoms with Gasteiger partial charge in [-0.1, -0.05) is 0 Å². The number of likely N-dealkylation sites (N-methyl/N-ethyl adjacent to an activating group) is 1. The predicted octanol–water partition coefficient (Wildman–Crippen LogP) is 0.728. The third-order valence-corrected chi connectivity index (χ3v) is 2.48. The zero-order valence-corrected chi connectivity index (χ0v) is 10.5. The second-order valence-electron chi connectivity index (χ2n) is 3.68. The van der Waals surface area contributed by atoms with Crippen LogP contribution < -0.4 is 11.1 Å². The SMILES string of the molecule is CCN(CC)C(=O)C(C)Nc1ccnc(N)n1. The maximum Gasteiger partial charge on any atom is 0.244 e. The van der Waals surface area contributed by atoms with E-state index in [2.05, 4.69) is 15.3 Å². The number of carbonyl (C=O) groups excluding carboxylic acids is 1. The smallest absolute Gasteiger partial charge is 0.244 e. The largest absolute Gasteiger partial charge is 0.368 e. The molecule has 0 aromatic carbocycles. The molecule has 17 heavy (non-hydrogen) atoms. The first kappa shape index (κ1) is 13.2. The molecule has 0 aliphatic carbocycles. The van der Waals surface area contributed by atoms with Crippen molar-refractivity contribution >= 4 is 17.7 Å². The van der Waals surface area contributed by atoms with Crippen LogP contribution in [0.5, 0.6) is 0 Å². The van der Waals surface area contributed by atoms with E-state index in [0.717, 1.165) is 0 Å². The van der Waals surface area contributed by atoms with E-state index < -0.39 is 0 Å². The Bertz CT molecular complexity index is 378. The molecule has 3 N–H and O–H groups in total. The van der Waals surface area contributed by atoms with E-state index >= 15 is 0 Å². The molecule has 0 aliphatic heterocycles. The first-order chi connectivity index (χ1) is 8.08. The number of nitrogens with one attached hydrogen (secondary N) is 1. The van der Waals surface area contributed by atoms with Crippen LogP contribution in [0.2, 0.25) is 0 Å². The fourth-order valence-electron chi connectivity index (χ4n) is 1.55. The van der Waals surface area contributed by atoms with E-state index in [-0.39, 0.29) is 17.9 Å². The molecule has 1 unspecified atom stereocenters.